The Morgan fingerprint density at radius 3 is 2.75 bits per heavy atom. The Kier molecular flexibility index (Phi) is 5.96. The van der Waals surface area contributed by atoms with Crippen molar-refractivity contribution in [3.8, 4) is 11.5 Å². The number of amides is 1. The molecule has 1 aliphatic carbocycles. The maximum absolute atomic E-state index is 12.3. The van der Waals surface area contributed by atoms with Crippen molar-refractivity contribution in [2.45, 2.75) is 57.2 Å². The van der Waals surface area contributed by atoms with Gasteiger partial charge < -0.3 is 19.5 Å². The van der Waals surface area contributed by atoms with Crippen LogP contribution in [0.15, 0.2) is 18.2 Å². The predicted octanol–water partition coefficient (Wildman–Crippen LogP) is 3.32. The van der Waals surface area contributed by atoms with Gasteiger partial charge in [0.1, 0.15) is 0 Å². The maximum Gasteiger partial charge on any atom is 0.251 e. The number of carbonyl (C=O) groups is 1. The van der Waals surface area contributed by atoms with Crippen LogP contribution in [0.1, 0.15) is 55.3 Å². The number of benzene rings is 1. The third kappa shape index (κ3) is 4.41. The Labute approximate surface area is 143 Å². The number of methoxy groups -OCH3 is 1. The first kappa shape index (κ1) is 17.1. The summed E-state index contributed by atoms with van der Waals surface area (Å²) < 4.78 is 17.0. The van der Waals surface area contributed by atoms with Gasteiger partial charge in [-0.15, -0.1) is 0 Å². The quantitative estimate of drug-likeness (QED) is 0.832. The smallest absolute Gasteiger partial charge is 0.251 e. The molecule has 1 N–H and O–H groups in total. The highest BCUT2D eigenvalue weighted by atomic mass is 16.5. The lowest BCUT2D eigenvalue weighted by Crippen LogP contribution is -2.27. The zero-order chi connectivity index (χ0) is 16.8. The number of carbonyl (C=O) groups excluding carboxylic acids is 1. The zero-order valence-electron chi connectivity index (χ0n) is 14.4. The van der Waals surface area contributed by atoms with E-state index in [1.54, 1.807) is 19.2 Å². The highest BCUT2D eigenvalue weighted by Gasteiger charge is 2.20. The van der Waals surface area contributed by atoms with Crippen molar-refractivity contribution in [3.63, 3.8) is 0 Å². The van der Waals surface area contributed by atoms with E-state index in [4.69, 9.17) is 14.2 Å². The molecule has 2 aliphatic rings. The number of nitrogens with one attached hydrogen (secondary N) is 1. The van der Waals surface area contributed by atoms with Gasteiger partial charge in [0.25, 0.3) is 5.91 Å². The summed E-state index contributed by atoms with van der Waals surface area (Å²) in [5.41, 5.74) is 0.595. The average molecular weight is 333 g/mol. The molecule has 24 heavy (non-hydrogen) atoms. The van der Waals surface area contributed by atoms with Crippen molar-refractivity contribution in [2.75, 3.05) is 20.3 Å². The molecule has 0 radical (unpaired) electrons. The van der Waals surface area contributed by atoms with Crippen LogP contribution in [-0.2, 0) is 4.74 Å². The van der Waals surface area contributed by atoms with E-state index in [9.17, 15) is 4.79 Å². The Bertz CT molecular complexity index is 548. The molecule has 0 bridgehead atoms. The van der Waals surface area contributed by atoms with Gasteiger partial charge in [0.05, 0.1) is 19.3 Å². The molecule has 1 atom stereocenters. The topological polar surface area (TPSA) is 56.8 Å². The van der Waals surface area contributed by atoms with Crippen LogP contribution in [-0.4, -0.2) is 38.4 Å². The van der Waals surface area contributed by atoms with Crippen molar-refractivity contribution in [1.82, 2.24) is 5.32 Å². The van der Waals surface area contributed by atoms with E-state index in [1.807, 2.05) is 6.07 Å². The van der Waals surface area contributed by atoms with E-state index >= 15 is 0 Å². The fraction of sp³-hybridized carbons (Fsp3) is 0.632. The molecule has 0 aromatic heterocycles. The summed E-state index contributed by atoms with van der Waals surface area (Å²) >= 11 is 0. The van der Waals surface area contributed by atoms with Crippen LogP contribution in [0.4, 0.5) is 0 Å². The minimum absolute atomic E-state index is 0.0845. The van der Waals surface area contributed by atoms with Crippen LogP contribution in [0, 0.1) is 0 Å². The summed E-state index contributed by atoms with van der Waals surface area (Å²) in [6, 6.07) is 5.39. The van der Waals surface area contributed by atoms with Gasteiger partial charge in [-0.2, -0.15) is 0 Å². The largest absolute Gasteiger partial charge is 0.493 e. The predicted molar refractivity (Wildman–Crippen MR) is 91.8 cm³/mol. The molecule has 0 unspecified atom stereocenters. The summed E-state index contributed by atoms with van der Waals surface area (Å²) in [5.74, 6) is 1.26. The van der Waals surface area contributed by atoms with Crippen LogP contribution in [0.2, 0.25) is 0 Å². The minimum atomic E-state index is -0.0845. The second-order valence-corrected chi connectivity index (χ2v) is 6.57. The minimum Gasteiger partial charge on any atom is -0.493 e. The Morgan fingerprint density at radius 2 is 2.04 bits per heavy atom. The molecule has 1 saturated heterocycles. The molecule has 5 heteroatoms. The van der Waals surface area contributed by atoms with E-state index in [0.717, 1.165) is 44.5 Å². The zero-order valence-corrected chi connectivity index (χ0v) is 14.4. The summed E-state index contributed by atoms with van der Waals surface area (Å²) in [6.07, 6.45) is 8.27. The fourth-order valence-electron chi connectivity index (χ4n) is 3.41. The lowest BCUT2D eigenvalue weighted by atomic mass is 10.1. The van der Waals surface area contributed by atoms with Gasteiger partial charge in [0, 0.05) is 18.7 Å². The molecule has 1 aromatic carbocycles. The lowest BCUT2D eigenvalue weighted by molar-refractivity contribution is 0.0907. The summed E-state index contributed by atoms with van der Waals surface area (Å²) in [5, 5.41) is 2.95. The van der Waals surface area contributed by atoms with E-state index in [1.165, 1.54) is 12.8 Å². The third-order valence-electron chi connectivity index (χ3n) is 4.80. The molecule has 3 rings (SSSR count). The van der Waals surface area contributed by atoms with Gasteiger partial charge in [-0.05, 0) is 63.1 Å². The monoisotopic (exact) mass is 333 g/mol. The van der Waals surface area contributed by atoms with Crippen molar-refractivity contribution in [2.24, 2.45) is 0 Å². The second kappa shape index (κ2) is 8.38. The van der Waals surface area contributed by atoms with Gasteiger partial charge in [0.2, 0.25) is 0 Å². The van der Waals surface area contributed by atoms with Crippen LogP contribution in [0.3, 0.4) is 0 Å². The Balaban J connectivity index is 1.55. The number of hydrogen-bond acceptors (Lipinski definition) is 4. The van der Waals surface area contributed by atoms with E-state index in [2.05, 4.69) is 5.32 Å². The molecule has 132 valence electrons. The van der Waals surface area contributed by atoms with E-state index in [0.29, 0.717) is 24.0 Å². The van der Waals surface area contributed by atoms with Gasteiger partial charge in [-0.1, -0.05) is 0 Å². The fourth-order valence-corrected chi connectivity index (χ4v) is 3.41. The average Bonchev–Trinajstić information content (AvgIpc) is 3.29. The van der Waals surface area contributed by atoms with Gasteiger partial charge >= 0.3 is 0 Å². The second-order valence-electron chi connectivity index (χ2n) is 6.57. The lowest BCUT2D eigenvalue weighted by Gasteiger charge is -2.16. The first-order chi connectivity index (χ1) is 11.8. The molecule has 1 aromatic rings. The van der Waals surface area contributed by atoms with Crippen molar-refractivity contribution in [1.29, 1.82) is 0 Å². The third-order valence-corrected chi connectivity index (χ3v) is 4.80. The molecule has 1 heterocycles. The number of ether oxygens (including phenoxy) is 3. The highest BCUT2D eigenvalue weighted by Crippen LogP contribution is 2.32. The Morgan fingerprint density at radius 1 is 1.21 bits per heavy atom. The molecule has 0 spiro atoms. The van der Waals surface area contributed by atoms with Crippen LogP contribution >= 0.6 is 0 Å². The molecule has 1 aliphatic heterocycles. The van der Waals surface area contributed by atoms with E-state index < -0.39 is 0 Å². The summed E-state index contributed by atoms with van der Waals surface area (Å²) in [6.45, 7) is 1.48. The standard InChI is InChI=1S/C19H27NO4/c1-22-18-13-14(8-9-17(18)24-16-5-2-3-6-16)19(21)20-11-10-15-7-4-12-23-15/h8-9,13,15-16H,2-7,10-12H2,1H3,(H,20,21)/t15-/m0/s1. The molecule has 2 fully saturated rings. The van der Waals surface area contributed by atoms with Crippen molar-refractivity contribution >= 4 is 5.91 Å². The SMILES string of the molecule is COc1cc(C(=O)NCC[C@@H]2CCCO2)ccc1OC1CCCC1. The van der Waals surface area contributed by atoms with Crippen molar-refractivity contribution < 1.29 is 19.0 Å². The first-order valence-electron chi connectivity index (χ1n) is 9.01. The van der Waals surface area contributed by atoms with E-state index in [-0.39, 0.29) is 12.0 Å². The van der Waals surface area contributed by atoms with Gasteiger partial charge in [-0.3, -0.25) is 4.79 Å². The molecule has 1 saturated carbocycles. The molecule has 5 nitrogen and oxygen atoms in total. The summed E-state index contributed by atoms with van der Waals surface area (Å²) in [4.78, 5) is 12.3. The number of hydrogen-bond donors (Lipinski definition) is 1. The van der Waals surface area contributed by atoms with Crippen LogP contribution < -0.4 is 14.8 Å². The van der Waals surface area contributed by atoms with Crippen LogP contribution in [0.5, 0.6) is 11.5 Å². The number of rotatable bonds is 7. The highest BCUT2D eigenvalue weighted by molar-refractivity contribution is 5.94. The van der Waals surface area contributed by atoms with Gasteiger partial charge in [0.15, 0.2) is 11.5 Å². The first-order valence-corrected chi connectivity index (χ1v) is 9.01. The van der Waals surface area contributed by atoms with Crippen LogP contribution in [0.25, 0.3) is 0 Å². The molecular weight excluding hydrogens is 306 g/mol. The molecular formula is C19H27NO4. The Hall–Kier alpha value is -1.75. The summed E-state index contributed by atoms with van der Waals surface area (Å²) in [7, 11) is 1.61. The van der Waals surface area contributed by atoms with Crippen molar-refractivity contribution in [3.05, 3.63) is 23.8 Å². The molecule has 1 amide bonds. The maximum atomic E-state index is 12.3. The van der Waals surface area contributed by atoms with Gasteiger partial charge in [-0.25, -0.2) is 0 Å². The normalized spacial score (nSPS) is 21.0.